The average Bonchev–Trinajstić information content (AvgIpc) is 2.82. The van der Waals surface area contributed by atoms with Gasteiger partial charge in [-0.05, 0) is 42.4 Å². The predicted molar refractivity (Wildman–Crippen MR) is 123 cm³/mol. The van der Waals surface area contributed by atoms with Crippen molar-refractivity contribution >= 4 is 0 Å². The highest BCUT2D eigenvalue weighted by atomic mass is 16.5. The summed E-state index contributed by atoms with van der Waals surface area (Å²) in [4.78, 5) is 4.94. The van der Waals surface area contributed by atoms with Crippen LogP contribution >= 0.6 is 0 Å². The van der Waals surface area contributed by atoms with Gasteiger partial charge < -0.3 is 4.74 Å². The number of nitrogens with zero attached hydrogens (tertiary/aromatic N) is 1. The van der Waals surface area contributed by atoms with Crippen LogP contribution in [0, 0.1) is 0 Å². The molecule has 0 spiro atoms. The molecule has 0 aliphatic rings. The highest BCUT2D eigenvalue weighted by molar-refractivity contribution is 5.30. The van der Waals surface area contributed by atoms with Crippen molar-refractivity contribution in [2.45, 2.75) is 32.3 Å². The second-order valence-corrected chi connectivity index (χ2v) is 7.53. The van der Waals surface area contributed by atoms with E-state index in [1.807, 2.05) is 18.2 Å². The Bertz CT molecular complexity index is 881. The molecule has 2 heteroatoms. The van der Waals surface area contributed by atoms with Gasteiger partial charge in [0.1, 0.15) is 12.4 Å². The van der Waals surface area contributed by atoms with Crippen LogP contribution in [0.2, 0.25) is 0 Å². The van der Waals surface area contributed by atoms with Gasteiger partial charge in [0.15, 0.2) is 0 Å². The Morgan fingerprint density at radius 3 is 1.40 bits per heavy atom. The second kappa shape index (κ2) is 10.4. The monoisotopic (exact) mass is 393 g/mol. The van der Waals surface area contributed by atoms with Gasteiger partial charge in [-0.1, -0.05) is 91.0 Å². The molecule has 0 bridgehead atoms. The number of benzene rings is 3. The molecule has 0 atom stereocenters. The third-order valence-electron chi connectivity index (χ3n) is 5.18. The van der Waals surface area contributed by atoms with Crippen LogP contribution < -0.4 is 4.74 Å². The van der Waals surface area contributed by atoms with E-state index in [1.165, 1.54) is 16.7 Å². The van der Waals surface area contributed by atoms with E-state index in [4.69, 9.17) is 9.72 Å². The molecule has 1 aromatic heterocycles. The summed E-state index contributed by atoms with van der Waals surface area (Å²) in [6.45, 7) is 0.571. The lowest BCUT2D eigenvalue weighted by atomic mass is 10.1. The third-order valence-corrected chi connectivity index (χ3v) is 5.18. The topological polar surface area (TPSA) is 22.1 Å². The first-order valence-corrected chi connectivity index (χ1v) is 10.6. The maximum atomic E-state index is 6.14. The van der Waals surface area contributed by atoms with Crippen LogP contribution in [-0.4, -0.2) is 4.98 Å². The summed E-state index contributed by atoms with van der Waals surface area (Å²) in [5.74, 6) is 0.903. The minimum Gasteiger partial charge on any atom is -0.489 e. The maximum absolute atomic E-state index is 6.14. The smallest absolute Gasteiger partial charge is 0.123 e. The standard InChI is InChI=1S/C28H27NO/c1-4-10-23(11-5-1)16-18-26-20-28(30-22-25-14-8-3-9-15-25)21-27(29-26)19-17-24-12-6-2-7-13-24/h1-15,20-21H,16-19,22H2. The summed E-state index contributed by atoms with van der Waals surface area (Å²) < 4.78 is 6.14. The first kappa shape index (κ1) is 19.9. The van der Waals surface area contributed by atoms with Gasteiger partial charge in [0.25, 0.3) is 0 Å². The van der Waals surface area contributed by atoms with E-state index in [0.29, 0.717) is 6.61 Å². The SMILES string of the molecule is c1ccc(CCc2cc(OCc3ccccc3)cc(CCc3ccccc3)n2)cc1. The number of aromatic nitrogens is 1. The molecule has 4 aromatic rings. The number of hydrogen-bond donors (Lipinski definition) is 0. The van der Waals surface area contributed by atoms with Crippen molar-refractivity contribution < 1.29 is 4.74 Å². The van der Waals surface area contributed by atoms with Gasteiger partial charge in [-0.15, -0.1) is 0 Å². The van der Waals surface area contributed by atoms with E-state index in [0.717, 1.165) is 42.8 Å². The zero-order valence-electron chi connectivity index (χ0n) is 17.2. The van der Waals surface area contributed by atoms with Crippen LogP contribution in [-0.2, 0) is 32.3 Å². The minimum atomic E-state index is 0.571. The van der Waals surface area contributed by atoms with Gasteiger partial charge >= 0.3 is 0 Å². The van der Waals surface area contributed by atoms with Crippen molar-refractivity contribution in [3.05, 3.63) is 131 Å². The summed E-state index contributed by atoms with van der Waals surface area (Å²) in [5, 5.41) is 0. The van der Waals surface area contributed by atoms with Gasteiger partial charge in [0, 0.05) is 23.5 Å². The van der Waals surface area contributed by atoms with Gasteiger partial charge in [0.2, 0.25) is 0 Å². The highest BCUT2D eigenvalue weighted by Gasteiger charge is 2.06. The third kappa shape index (κ3) is 6.05. The Morgan fingerprint density at radius 2 is 0.933 bits per heavy atom. The van der Waals surface area contributed by atoms with E-state index in [2.05, 4.69) is 84.9 Å². The summed E-state index contributed by atoms with van der Waals surface area (Å²) in [6, 6.07) is 35.7. The molecule has 0 radical (unpaired) electrons. The summed E-state index contributed by atoms with van der Waals surface area (Å²) >= 11 is 0. The Labute approximate surface area is 179 Å². The predicted octanol–water partition coefficient (Wildman–Crippen LogP) is 6.23. The van der Waals surface area contributed by atoms with E-state index in [1.54, 1.807) is 0 Å². The quantitative estimate of drug-likeness (QED) is 0.336. The lowest BCUT2D eigenvalue weighted by molar-refractivity contribution is 0.305. The van der Waals surface area contributed by atoms with Crippen LogP contribution in [0.1, 0.15) is 28.1 Å². The largest absolute Gasteiger partial charge is 0.489 e. The molecule has 150 valence electrons. The van der Waals surface area contributed by atoms with Crippen molar-refractivity contribution in [2.75, 3.05) is 0 Å². The van der Waals surface area contributed by atoms with E-state index in [9.17, 15) is 0 Å². The number of ether oxygens (including phenoxy) is 1. The molecule has 0 amide bonds. The Morgan fingerprint density at radius 1 is 0.500 bits per heavy atom. The van der Waals surface area contributed by atoms with Crippen LogP contribution in [0.5, 0.6) is 5.75 Å². The van der Waals surface area contributed by atoms with Crippen LogP contribution in [0.3, 0.4) is 0 Å². The minimum absolute atomic E-state index is 0.571. The van der Waals surface area contributed by atoms with Crippen LogP contribution in [0.15, 0.2) is 103 Å². The van der Waals surface area contributed by atoms with Crippen molar-refractivity contribution in [1.29, 1.82) is 0 Å². The molecule has 0 saturated carbocycles. The van der Waals surface area contributed by atoms with Crippen molar-refractivity contribution in [1.82, 2.24) is 4.98 Å². The second-order valence-electron chi connectivity index (χ2n) is 7.53. The van der Waals surface area contributed by atoms with Crippen molar-refractivity contribution in [3.63, 3.8) is 0 Å². The first-order chi connectivity index (χ1) is 14.8. The molecule has 0 fully saturated rings. The highest BCUT2D eigenvalue weighted by Crippen LogP contribution is 2.19. The van der Waals surface area contributed by atoms with E-state index in [-0.39, 0.29) is 0 Å². The van der Waals surface area contributed by atoms with Gasteiger partial charge in [-0.2, -0.15) is 0 Å². The Kier molecular flexibility index (Phi) is 6.90. The van der Waals surface area contributed by atoms with E-state index >= 15 is 0 Å². The number of aryl methyl sites for hydroxylation is 4. The molecule has 0 aliphatic heterocycles. The molecule has 0 N–H and O–H groups in total. The maximum Gasteiger partial charge on any atom is 0.123 e. The summed E-state index contributed by atoms with van der Waals surface area (Å²) in [5.41, 5.74) is 6.02. The normalized spacial score (nSPS) is 10.7. The van der Waals surface area contributed by atoms with Gasteiger partial charge in [0.05, 0.1) is 0 Å². The molecule has 0 aliphatic carbocycles. The molecule has 4 rings (SSSR count). The van der Waals surface area contributed by atoms with Gasteiger partial charge in [-0.3, -0.25) is 4.98 Å². The zero-order valence-corrected chi connectivity index (χ0v) is 17.2. The van der Waals surface area contributed by atoms with Crippen molar-refractivity contribution in [2.24, 2.45) is 0 Å². The summed E-state index contributed by atoms with van der Waals surface area (Å²) in [6.07, 6.45) is 3.78. The fraction of sp³-hybridized carbons (Fsp3) is 0.179. The molecule has 3 aromatic carbocycles. The molecule has 0 unspecified atom stereocenters. The molecule has 30 heavy (non-hydrogen) atoms. The summed E-state index contributed by atoms with van der Waals surface area (Å²) in [7, 11) is 0. The van der Waals surface area contributed by atoms with Gasteiger partial charge in [-0.25, -0.2) is 0 Å². The lowest BCUT2D eigenvalue weighted by Gasteiger charge is -2.11. The van der Waals surface area contributed by atoms with E-state index < -0.39 is 0 Å². The fourth-order valence-electron chi connectivity index (χ4n) is 3.53. The molecular formula is C28H27NO. The lowest BCUT2D eigenvalue weighted by Crippen LogP contribution is -2.03. The average molecular weight is 394 g/mol. The molecular weight excluding hydrogens is 366 g/mol. The van der Waals surface area contributed by atoms with Crippen LogP contribution in [0.4, 0.5) is 0 Å². The fourth-order valence-corrected chi connectivity index (χ4v) is 3.53. The Balaban J connectivity index is 1.48. The number of hydrogen-bond acceptors (Lipinski definition) is 2. The van der Waals surface area contributed by atoms with Crippen LogP contribution in [0.25, 0.3) is 0 Å². The Hall–Kier alpha value is -3.39. The number of pyridine rings is 1. The van der Waals surface area contributed by atoms with Crippen molar-refractivity contribution in [3.8, 4) is 5.75 Å². The first-order valence-electron chi connectivity index (χ1n) is 10.6. The zero-order chi connectivity index (χ0) is 20.4. The molecule has 1 heterocycles. The molecule has 0 saturated heterocycles. The number of rotatable bonds is 9. The molecule has 2 nitrogen and oxygen atoms in total.